The highest BCUT2D eigenvalue weighted by Gasteiger charge is 2.12. The van der Waals surface area contributed by atoms with Crippen molar-refractivity contribution in [1.82, 2.24) is 9.78 Å². The highest BCUT2D eigenvalue weighted by molar-refractivity contribution is 5.53. The number of ether oxygens (including phenoxy) is 1. The number of aryl methyl sites for hydroxylation is 1. The topological polar surface area (TPSA) is 30.3 Å². The second-order valence-electron chi connectivity index (χ2n) is 6.16. The number of benzene rings is 1. The number of methoxy groups -OCH3 is 1. The van der Waals surface area contributed by atoms with E-state index in [1.807, 2.05) is 0 Å². The van der Waals surface area contributed by atoms with E-state index in [1.165, 1.54) is 16.1 Å². The fourth-order valence-corrected chi connectivity index (χ4v) is 2.86. The molecule has 1 aromatic carbocycles. The first kappa shape index (κ1) is 16.5. The molecule has 0 saturated carbocycles. The summed E-state index contributed by atoms with van der Waals surface area (Å²) >= 11 is 0. The van der Waals surface area contributed by atoms with Crippen molar-refractivity contribution < 1.29 is 4.74 Å². The maximum Gasteiger partial charge on any atom is 0.158 e. The SMILES string of the molecule is COCCN(C)c1nn(-c2ccc(C)cc2)c2/c1=C\C=C/CC/C=2. The lowest BCUT2D eigenvalue weighted by Crippen LogP contribution is -2.33. The van der Waals surface area contributed by atoms with Crippen molar-refractivity contribution in [2.45, 2.75) is 19.8 Å². The molecule has 0 spiro atoms. The summed E-state index contributed by atoms with van der Waals surface area (Å²) in [4.78, 5) is 2.16. The number of allylic oxidation sites excluding steroid dienone is 2. The van der Waals surface area contributed by atoms with Gasteiger partial charge in [-0.3, -0.25) is 0 Å². The van der Waals surface area contributed by atoms with Crippen LogP contribution in [0.1, 0.15) is 18.4 Å². The summed E-state index contributed by atoms with van der Waals surface area (Å²) < 4.78 is 7.28. The Morgan fingerprint density at radius 2 is 2.00 bits per heavy atom. The minimum Gasteiger partial charge on any atom is -0.383 e. The van der Waals surface area contributed by atoms with Gasteiger partial charge < -0.3 is 9.64 Å². The van der Waals surface area contributed by atoms with Crippen LogP contribution < -0.4 is 15.5 Å². The third kappa shape index (κ3) is 3.44. The first-order valence-corrected chi connectivity index (χ1v) is 8.44. The number of hydrogen-bond donors (Lipinski definition) is 0. The summed E-state index contributed by atoms with van der Waals surface area (Å²) in [5, 5.41) is 7.26. The third-order valence-electron chi connectivity index (χ3n) is 4.28. The molecule has 0 unspecified atom stereocenters. The van der Waals surface area contributed by atoms with E-state index in [-0.39, 0.29) is 0 Å². The summed E-state index contributed by atoms with van der Waals surface area (Å²) in [6.45, 7) is 3.60. The van der Waals surface area contributed by atoms with E-state index in [1.54, 1.807) is 7.11 Å². The molecule has 3 rings (SSSR count). The molecule has 1 heterocycles. The van der Waals surface area contributed by atoms with Gasteiger partial charge in [0.25, 0.3) is 0 Å². The number of rotatable bonds is 5. The number of nitrogens with zero attached hydrogens (tertiary/aromatic N) is 3. The number of hydrogen-bond acceptors (Lipinski definition) is 3. The summed E-state index contributed by atoms with van der Waals surface area (Å²) in [6, 6.07) is 8.52. The highest BCUT2D eigenvalue weighted by atomic mass is 16.5. The Balaban J connectivity index is 2.16. The minimum absolute atomic E-state index is 0.683. The van der Waals surface area contributed by atoms with Gasteiger partial charge in [-0.25, -0.2) is 4.68 Å². The maximum absolute atomic E-state index is 5.22. The molecule has 24 heavy (non-hydrogen) atoms. The van der Waals surface area contributed by atoms with E-state index >= 15 is 0 Å². The monoisotopic (exact) mass is 323 g/mol. The number of likely N-dealkylation sites (N-methyl/N-ethyl adjacent to an activating group) is 1. The fraction of sp³-hybridized carbons (Fsp3) is 0.350. The van der Waals surface area contributed by atoms with Crippen molar-refractivity contribution in [2.75, 3.05) is 32.2 Å². The number of aromatic nitrogens is 2. The number of anilines is 1. The van der Waals surface area contributed by atoms with Gasteiger partial charge in [0.05, 0.1) is 17.6 Å². The lowest BCUT2D eigenvalue weighted by atomic mass is 10.2. The van der Waals surface area contributed by atoms with Crippen molar-refractivity contribution in [1.29, 1.82) is 0 Å². The molecule has 2 aromatic rings. The molecule has 0 N–H and O–H groups in total. The van der Waals surface area contributed by atoms with E-state index in [9.17, 15) is 0 Å². The van der Waals surface area contributed by atoms with Gasteiger partial charge in [0, 0.05) is 25.9 Å². The summed E-state index contributed by atoms with van der Waals surface area (Å²) in [5.41, 5.74) is 2.35. The maximum atomic E-state index is 5.22. The van der Waals surface area contributed by atoms with Crippen LogP contribution >= 0.6 is 0 Å². The third-order valence-corrected chi connectivity index (χ3v) is 4.28. The van der Waals surface area contributed by atoms with Crippen molar-refractivity contribution >= 4 is 18.0 Å². The van der Waals surface area contributed by atoms with Crippen LogP contribution in [0.15, 0.2) is 36.4 Å². The molecule has 0 aliphatic heterocycles. The zero-order valence-corrected chi connectivity index (χ0v) is 14.7. The van der Waals surface area contributed by atoms with Crippen LogP contribution in [0.5, 0.6) is 0 Å². The van der Waals surface area contributed by atoms with E-state index in [2.05, 4.69) is 72.1 Å². The van der Waals surface area contributed by atoms with Crippen LogP contribution in [0.2, 0.25) is 0 Å². The van der Waals surface area contributed by atoms with E-state index in [4.69, 9.17) is 9.84 Å². The second-order valence-corrected chi connectivity index (χ2v) is 6.16. The minimum atomic E-state index is 0.683. The molecule has 1 aromatic heterocycles. The molecule has 0 amide bonds. The first-order valence-electron chi connectivity index (χ1n) is 8.44. The van der Waals surface area contributed by atoms with Gasteiger partial charge >= 0.3 is 0 Å². The predicted molar refractivity (Wildman–Crippen MR) is 100 cm³/mol. The summed E-state index contributed by atoms with van der Waals surface area (Å²) in [6.07, 6.45) is 10.9. The standard InChI is InChI=1S/C20H25N3O/c1-16-10-12-17(13-11-16)23-19-9-7-5-4-6-8-18(19)20(21-23)22(2)14-15-24-3/h4,6,8-13H,5,7,14-15H2,1-3H3/b6-4-,18-8+,19-9-. The Hall–Kier alpha value is -2.33. The largest absolute Gasteiger partial charge is 0.383 e. The Morgan fingerprint density at radius 3 is 2.75 bits per heavy atom. The molecule has 1 aliphatic carbocycles. The van der Waals surface area contributed by atoms with E-state index in [0.717, 1.165) is 30.9 Å². The zero-order valence-electron chi connectivity index (χ0n) is 14.7. The Kier molecular flexibility index (Phi) is 5.16. The van der Waals surface area contributed by atoms with Gasteiger partial charge in [0.2, 0.25) is 0 Å². The molecule has 0 atom stereocenters. The molecule has 0 bridgehead atoms. The fourth-order valence-electron chi connectivity index (χ4n) is 2.86. The second kappa shape index (κ2) is 7.49. The molecule has 0 saturated heterocycles. The van der Waals surface area contributed by atoms with Crippen molar-refractivity contribution in [3.63, 3.8) is 0 Å². The summed E-state index contributed by atoms with van der Waals surface area (Å²) in [5.74, 6) is 0.991. The Morgan fingerprint density at radius 1 is 1.21 bits per heavy atom. The number of fused-ring (bicyclic) bond motifs is 1. The molecule has 0 radical (unpaired) electrons. The van der Waals surface area contributed by atoms with Crippen LogP contribution in [0.3, 0.4) is 0 Å². The average Bonchev–Trinajstić information content (AvgIpc) is 2.90. The predicted octanol–water partition coefficient (Wildman–Crippen LogP) is 2.17. The van der Waals surface area contributed by atoms with E-state index in [0.29, 0.717) is 6.61 Å². The molecule has 0 fully saturated rings. The van der Waals surface area contributed by atoms with Gasteiger partial charge in [-0.05, 0) is 38.0 Å². The van der Waals surface area contributed by atoms with Gasteiger partial charge in [-0.1, -0.05) is 35.9 Å². The summed E-state index contributed by atoms with van der Waals surface area (Å²) in [7, 11) is 3.80. The van der Waals surface area contributed by atoms with Crippen LogP contribution in [-0.2, 0) is 4.74 Å². The van der Waals surface area contributed by atoms with Crippen molar-refractivity contribution in [2.24, 2.45) is 0 Å². The molecule has 126 valence electrons. The Bertz CT molecular complexity index is 831. The quantitative estimate of drug-likeness (QED) is 0.845. The van der Waals surface area contributed by atoms with E-state index < -0.39 is 0 Å². The molecular weight excluding hydrogens is 298 g/mol. The van der Waals surface area contributed by atoms with Gasteiger partial charge in [-0.2, -0.15) is 0 Å². The lowest BCUT2D eigenvalue weighted by Gasteiger charge is -2.15. The van der Waals surface area contributed by atoms with Gasteiger partial charge in [0.15, 0.2) is 5.82 Å². The normalized spacial score (nSPS) is 17.6. The first-order chi connectivity index (χ1) is 11.7. The molecule has 4 nitrogen and oxygen atoms in total. The zero-order chi connectivity index (χ0) is 16.9. The van der Waals surface area contributed by atoms with Crippen molar-refractivity contribution in [3.05, 3.63) is 52.5 Å². The smallest absolute Gasteiger partial charge is 0.158 e. The van der Waals surface area contributed by atoms with Gasteiger partial charge in [0.1, 0.15) is 0 Å². The van der Waals surface area contributed by atoms with Crippen molar-refractivity contribution in [3.8, 4) is 5.69 Å². The van der Waals surface area contributed by atoms with Crippen LogP contribution in [0.4, 0.5) is 5.82 Å². The van der Waals surface area contributed by atoms with Crippen LogP contribution in [0, 0.1) is 6.92 Å². The van der Waals surface area contributed by atoms with Crippen LogP contribution in [0.25, 0.3) is 17.8 Å². The highest BCUT2D eigenvalue weighted by Crippen LogP contribution is 2.09. The molecule has 4 heteroatoms. The Labute approximate surface area is 143 Å². The molecule has 1 aliphatic rings. The average molecular weight is 323 g/mol. The van der Waals surface area contributed by atoms with Crippen LogP contribution in [-0.4, -0.2) is 37.1 Å². The molecular formula is C20H25N3O. The van der Waals surface area contributed by atoms with Gasteiger partial charge in [-0.15, -0.1) is 5.10 Å². The lowest BCUT2D eigenvalue weighted by molar-refractivity contribution is 0.206.